The average molecular weight is 412 g/mol. The first-order chi connectivity index (χ1) is 9.68. The number of rotatable bonds is 15. The monoisotopic (exact) mass is 410 g/mol. The topological polar surface area (TPSA) is 0 Å². The van der Waals surface area contributed by atoms with Crippen molar-refractivity contribution in [2.45, 2.75) is 113 Å². The molecule has 0 aliphatic carbocycles. The molecule has 2 unspecified atom stereocenters. The van der Waals surface area contributed by atoms with Gasteiger partial charge in [0, 0.05) is 9.65 Å². The Hall–Kier alpha value is 0.960. The van der Waals surface area contributed by atoms with E-state index >= 15 is 0 Å². The van der Waals surface area contributed by atoms with Gasteiger partial charge in [-0.25, -0.2) is 0 Å². The van der Waals surface area contributed by atoms with Gasteiger partial charge in [0.05, 0.1) is 0 Å². The van der Waals surface area contributed by atoms with Gasteiger partial charge in [0.25, 0.3) is 0 Å². The molecule has 0 saturated carbocycles. The van der Waals surface area contributed by atoms with Crippen LogP contribution in [0.3, 0.4) is 0 Å². The molecular formula is C18H36Br2. The van der Waals surface area contributed by atoms with Gasteiger partial charge in [-0.15, -0.1) is 0 Å². The SMILES string of the molecule is CCCCCCCCCCCCCCCC(Br)C(C)Br. The van der Waals surface area contributed by atoms with E-state index in [1.54, 1.807) is 0 Å². The predicted molar refractivity (Wildman–Crippen MR) is 101 cm³/mol. The quantitative estimate of drug-likeness (QED) is 0.189. The molecule has 2 heteroatoms. The first-order valence-corrected chi connectivity index (χ1v) is 10.8. The highest BCUT2D eigenvalue weighted by Crippen LogP contribution is 2.20. The van der Waals surface area contributed by atoms with Crippen LogP contribution in [0.15, 0.2) is 0 Å². The zero-order chi connectivity index (χ0) is 15.1. The molecule has 0 aromatic heterocycles. The maximum atomic E-state index is 3.73. The van der Waals surface area contributed by atoms with Gasteiger partial charge in [-0.05, 0) is 6.42 Å². The van der Waals surface area contributed by atoms with E-state index < -0.39 is 0 Å². The lowest BCUT2D eigenvalue weighted by Gasteiger charge is -2.11. The third kappa shape index (κ3) is 15.4. The predicted octanol–water partition coefficient (Wildman–Crippen LogP) is 8.01. The summed E-state index contributed by atoms with van der Waals surface area (Å²) in [6.45, 7) is 4.51. The van der Waals surface area contributed by atoms with Crippen LogP contribution >= 0.6 is 31.9 Å². The van der Waals surface area contributed by atoms with Crippen molar-refractivity contribution in [1.82, 2.24) is 0 Å². The summed E-state index contributed by atoms with van der Waals surface area (Å²) in [5, 5.41) is 0. The van der Waals surface area contributed by atoms with Crippen LogP contribution in [-0.4, -0.2) is 9.65 Å². The summed E-state index contributed by atoms with van der Waals surface area (Å²) in [5.41, 5.74) is 0. The van der Waals surface area contributed by atoms with Gasteiger partial charge in [0.2, 0.25) is 0 Å². The van der Waals surface area contributed by atoms with Crippen LogP contribution in [0.5, 0.6) is 0 Å². The van der Waals surface area contributed by atoms with Crippen LogP contribution < -0.4 is 0 Å². The van der Waals surface area contributed by atoms with Crippen molar-refractivity contribution in [2.75, 3.05) is 0 Å². The van der Waals surface area contributed by atoms with E-state index in [0.29, 0.717) is 9.65 Å². The second-order valence-electron chi connectivity index (χ2n) is 6.22. The summed E-state index contributed by atoms with van der Waals surface area (Å²) in [6, 6.07) is 0. The van der Waals surface area contributed by atoms with E-state index in [2.05, 4.69) is 45.7 Å². The normalized spacial score (nSPS) is 14.4. The Morgan fingerprint density at radius 2 is 0.950 bits per heavy atom. The summed E-state index contributed by atoms with van der Waals surface area (Å²) < 4.78 is 0. The second-order valence-corrected chi connectivity index (χ2v) is 8.85. The molecule has 0 spiro atoms. The summed E-state index contributed by atoms with van der Waals surface area (Å²) in [4.78, 5) is 1.25. The Morgan fingerprint density at radius 3 is 1.30 bits per heavy atom. The molecule has 0 saturated heterocycles. The van der Waals surface area contributed by atoms with Gasteiger partial charge in [-0.3, -0.25) is 0 Å². The van der Waals surface area contributed by atoms with Gasteiger partial charge in [0.1, 0.15) is 0 Å². The van der Waals surface area contributed by atoms with Gasteiger partial charge in [-0.2, -0.15) is 0 Å². The van der Waals surface area contributed by atoms with E-state index in [0.717, 1.165) is 0 Å². The Labute approximate surface area is 145 Å². The van der Waals surface area contributed by atoms with E-state index in [-0.39, 0.29) is 0 Å². The molecule has 0 aliphatic rings. The van der Waals surface area contributed by atoms with Gasteiger partial charge in [-0.1, -0.05) is 129 Å². The minimum atomic E-state index is 0.597. The summed E-state index contributed by atoms with van der Waals surface area (Å²) >= 11 is 7.36. The number of halogens is 2. The molecule has 0 aromatic rings. The highest BCUT2D eigenvalue weighted by molar-refractivity contribution is 9.12. The van der Waals surface area contributed by atoms with Crippen LogP contribution in [0.25, 0.3) is 0 Å². The van der Waals surface area contributed by atoms with E-state index in [4.69, 9.17) is 0 Å². The van der Waals surface area contributed by atoms with Crippen molar-refractivity contribution in [1.29, 1.82) is 0 Å². The first-order valence-electron chi connectivity index (χ1n) is 8.96. The molecule has 20 heavy (non-hydrogen) atoms. The molecule has 0 bridgehead atoms. The van der Waals surface area contributed by atoms with Gasteiger partial charge in [0.15, 0.2) is 0 Å². The lowest BCUT2D eigenvalue weighted by Crippen LogP contribution is -2.08. The minimum Gasteiger partial charge on any atom is -0.0882 e. The van der Waals surface area contributed by atoms with E-state index in [1.807, 2.05) is 0 Å². The number of unbranched alkanes of at least 4 members (excludes halogenated alkanes) is 12. The Morgan fingerprint density at radius 1 is 0.600 bits per heavy atom. The number of alkyl halides is 2. The number of hydrogen-bond acceptors (Lipinski definition) is 0. The standard InChI is InChI=1S/C18H36Br2/c1-3-4-5-6-7-8-9-10-11-12-13-14-15-16-18(20)17(2)19/h17-18H,3-16H2,1-2H3. The lowest BCUT2D eigenvalue weighted by molar-refractivity contribution is 0.534. The molecule has 0 fully saturated rings. The van der Waals surface area contributed by atoms with E-state index in [1.165, 1.54) is 89.9 Å². The van der Waals surface area contributed by atoms with Crippen LogP contribution in [0.4, 0.5) is 0 Å². The molecular weight excluding hydrogens is 376 g/mol. The Kier molecular flexibility index (Phi) is 17.1. The lowest BCUT2D eigenvalue weighted by atomic mass is 10.0. The second kappa shape index (κ2) is 16.3. The van der Waals surface area contributed by atoms with Gasteiger partial charge < -0.3 is 0 Å². The van der Waals surface area contributed by atoms with Crippen molar-refractivity contribution in [2.24, 2.45) is 0 Å². The van der Waals surface area contributed by atoms with Crippen molar-refractivity contribution >= 4 is 31.9 Å². The molecule has 0 heterocycles. The maximum Gasteiger partial charge on any atom is 0.0268 e. The summed E-state index contributed by atoms with van der Waals surface area (Å²) in [7, 11) is 0. The Balaban J connectivity index is 3.03. The molecule has 2 atom stereocenters. The third-order valence-electron chi connectivity index (χ3n) is 4.08. The smallest absolute Gasteiger partial charge is 0.0268 e. The number of hydrogen-bond donors (Lipinski definition) is 0. The molecule has 0 radical (unpaired) electrons. The highest BCUT2D eigenvalue weighted by atomic mass is 79.9. The van der Waals surface area contributed by atoms with Crippen molar-refractivity contribution in [3.8, 4) is 0 Å². The van der Waals surface area contributed by atoms with Crippen LogP contribution in [0.2, 0.25) is 0 Å². The average Bonchev–Trinajstić information content (AvgIpc) is 2.43. The summed E-state index contributed by atoms with van der Waals surface area (Å²) in [6.07, 6.45) is 20.0. The Bertz CT molecular complexity index is 180. The third-order valence-corrected chi connectivity index (χ3v) is 6.68. The fraction of sp³-hybridized carbons (Fsp3) is 1.00. The van der Waals surface area contributed by atoms with Crippen LogP contribution in [0, 0.1) is 0 Å². The van der Waals surface area contributed by atoms with Gasteiger partial charge >= 0.3 is 0 Å². The van der Waals surface area contributed by atoms with Crippen molar-refractivity contribution in [3.05, 3.63) is 0 Å². The maximum absolute atomic E-state index is 3.73. The molecule has 122 valence electrons. The molecule has 0 nitrogen and oxygen atoms in total. The zero-order valence-corrected chi connectivity index (χ0v) is 17.0. The highest BCUT2D eigenvalue weighted by Gasteiger charge is 2.09. The molecule has 0 N–H and O–H groups in total. The first kappa shape index (κ1) is 21.0. The van der Waals surface area contributed by atoms with Crippen LogP contribution in [-0.2, 0) is 0 Å². The van der Waals surface area contributed by atoms with E-state index in [9.17, 15) is 0 Å². The molecule has 0 amide bonds. The molecule has 0 aromatic carbocycles. The molecule has 0 aliphatic heterocycles. The summed E-state index contributed by atoms with van der Waals surface area (Å²) in [5.74, 6) is 0. The van der Waals surface area contributed by atoms with Crippen molar-refractivity contribution in [3.63, 3.8) is 0 Å². The fourth-order valence-corrected chi connectivity index (χ4v) is 3.17. The fourth-order valence-electron chi connectivity index (χ4n) is 2.59. The van der Waals surface area contributed by atoms with Crippen LogP contribution in [0.1, 0.15) is 104 Å². The zero-order valence-electron chi connectivity index (χ0n) is 13.8. The van der Waals surface area contributed by atoms with Crippen molar-refractivity contribution < 1.29 is 0 Å². The minimum absolute atomic E-state index is 0.597. The largest absolute Gasteiger partial charge is 0.0882 e. The molecule has 0 rings (SSSR count).